The summed E-state index contributed by atoms with van der Waals surface area (Å²) >= 11 is 0. The first kappa shape index (κ1) is 16.1. The highest BCUT2D eigenvalue weighted by Crippen LogP contribution is 2.54. The molecule has 2 rings (SSSR count). The number of allylic oxidation sites excluding steroid dienone is 7. The van der Waals surface area contributed by atoms with Crippen molar-refractivity contribution >= 4 is 0 Å². The van der Waals surface area contributed by atoms with Crippen LogP contribution >= 0.6 is 0 Å². The van der Waals surface area contributed by atoms with Crippen LogP contribution in [0.15, 0.2) is 52.3 Å². The van der Waals surface area contributed by atoms with Gasteiger partial charge >= 0.3 is 0 Å². The van der Waals surface area contributed by atoms with E-state index >= 15 is 0 Å². The second kappa shape index (κ2) is 7.14. The lowest BCUT2D eigenvalue weighted by atomic mass is 9.74. The highest BCUT2D eigenvalue weighted by Gasteiger charge is 2.41. The van der Waals surface area contributed by atoms with Gasteiger partial charge in [-0.15, -0.1) is 5.73 Å². The summed E-state index contributed by atoms with van der Waals surface area (Å²) in [6.07, 6.45) is 18.5. The second-order valence-electron chi connectivity index (χ2n) is 6.54. The maximum Gasteiger partial charge on any atom is 0.0190 e. The molecule has 0 aromatic rings. The Balaban J connectivity index is 2.04. The fraction of sp³-hybridized carbons (Fsp3) is 0.571. The van der Waals surface area contributed by atoms with E-state index in [9.17, 15) is 0 Å². The minimum absolute atomic E-state index is 0.205. The van der Waals surface area contributed by atoms with Crippen LogP contribution in [0.1, 0.15) is 72.6 Å². The van der Waals surface area contributed by atoms with Crippen LogP contribution in [0.3, 0.4) is 0 Å². The summed E-state index contributed by atoms with van der Waals surface area (Å²) in [7, 11) is 0. The van der Waals surface area contributed by atoms with Gasteiger partial charge in [-0.25, -0.2) is 0 Å². The molecular formula is C21H30. The third-order valence-corrected chi connectivity index (χ3v) is 5.12. The standard InChI is InChI=1S/C21H30/c1-5-8-9-10-11-12-16-21(4)19(7-3)17(6-2)18-14-13-15-20(18)21/h6-7,14-15H,5,8-12,16H2,1-4H3. The Morgan fingerprint density at radius 3 is 2.38 bits per heavy atom. The van der Waals surface area contributed by atoms with Gasteiger partial charge in [0, 0.05) is 5.41 Å². The summed E-state index contributed by atoms with van der Waals surface area (Å²) in [4.78, 5) is 0. The van der Waals surface area contributed by atoms with Gasteiger partial charge in [0.1, 0.15) is 0 Å². The lowest BCUT2D eigenvalue weighted by Crippen LogP contribution is -2.17. The van der Waals surface area contributed by atoms with Crippen LogP contribution < -0.4 is 0 Å². The van der Waals surface area contributed by atoms with E-state index in [0.29, 0.717) is 0 Å². The van der Waals surface area contributed by atoms with Gasteiger partial charge in [-0.3, -0.25) is 0 Å². The van der Waals surface area contributed by atoms with Gasteiger partial charge in [-0.2, -0.15) is 0 Å². The summed E-state index contributed by atoms with van der Waals surface area (Å²) in [6, 6.07) is 0. The van der Waals surface area contributed by atoms with Gasteiger partial charge in [0.25, 0.3) is 0 Å². The zero-order valence-electron chi connectivity index (χ0n) is 14.3. The van der Waals surface area contributed by atoms with Gasteiger partial charge in [-0.1, -0.05) is 64.5 Å². The van der Waals surface area contributed by atoms with Gasteiger partial charge < -0.3 is 0 Å². The molecule has 21 heavy (non-hydrogen) atoms. The molecule has 0 fully saturated rings. The van der Waals surface area contributed by atoms with Crippen molar-refractivity contribution in [3.63, 3.8) is 0 Å². The summed E-state index contributed by atoms with van der Waals surface area (Å²) in [5, 5.41) is 0. The number of rotatable bonds is 7. The largest absolute Gasteiger partial charge is 0.120 e. The van der Waals surface area contributed by atoms with Crippen LogP contribution in [0.5, 0.6) is 0 Å². The topological polar surface area (TPSA) is 0 Å². The van der Waals surface area contributed by atoms with Crippen LogP contribution in [0.25, 0.3) is 0 Å². The fourth-order valence-corrected chi connectivity index (χ4v) is 3.94. The molecule has 0 saturated heterocycles. The summed E-state index contributed by atoms with van der Waals surface area (Å²) in [5.74, 6) is 0. The molecular weight excluding hydrogens is 252 g/mol. The molecule has 0 spiro atoms. The minimum Gasteiger partial charge on any atom is -0.120 e. The van der Waals surface area contributed by atoms with Gasteiger partial charge in [-0.05, 0) is 54.7 Å². The average molecular weight is 282 g/mol. The molecule has 0 heterocycles. The van der Waals surface area contributed by atoms with Crippen LogP contribution in [0.2, 0.25) is 0 Å². The molecule has 0 amide bonds. The summed E-state index contributed by atoms with van der Waals surface area (Å²) < 4.78 is 0. The average Bonchev–Trinajstić information content (AvgIpc) is 3.04. The predicted octanol–water partition coefficient (Wildman–Crippen LogP) is 6.67. The maximum absolute atomic E-state index is 3.31. The van der Waals surface area contributed by atoms with E-state index in [4.69, 9.17) is 0 Å². The second-order valence-corrected chi connectivity index (χ2v) is 6.54. The molecule has 0 aromatic carbocycles. The highest BCUT2D eigenvalue weighted by molar-refractivity contribution is 5.69. The molecule has 0 heteroatoms. The normalized spacial score (nSPS) is 27.4. The first-order chi connectivity index (χ1) is 10.2. The predicted molar refractivity (Wildman–Crippen MR) is 93.3 cm³/mol. The molecule has 0 aliphatic heterocycles. The molecule has 0 bridgehead atoms. The Morgan fingerprint density at radius 1 is 1.00 bits per heavy atom. The van der Waals surface area contributed by atoms with E-state index in [2.05, 4.69) is 57.7 Å². The third kappa shape index (κ3) is 3.01. The summed E-state index contributed by atoms with van der Waals surface area (Å²) in [5.41, 5.74) is 9.39. The molecule has 2 aliphatic carbocycles. The maximum atomic E-state index is 3.31. The Labute approximate surface area is 131 Å². The monoisotopic (exact) mass is 282 g/mol. The van der Waals surface area contributed by atoms with Crippen molar-refractivity contribution in [1.29, 1.82) is 0 Å². The number of hydrogen-bond donors (Lipinski definition) is 0. The zero-order valence-corrected chi connectivity index (χ0v) is 14.3. The minimum atomic E-state index is 0.205. The van der Waals surface area contributed by atoms with Crippen molar-refractivity contribution in [3.05, 3.63) is 52.3 Å². The molecule has 1 unspecified atom stereocenters. The lowest BCUT2D eigenvalue weighted by Gasteiger charge is -2.29. The lowest BCUT2D eigenvalue weighted by molar-refractivity contribution is 0.430. The van der Waals surface area contributed by atoms with E-state index in [0.717, 1.165) is 0 Å². The Hall–Kier alpha value is -1.26. The smallest absolute Gasteiger partial charge is 0.0190 e. The quantitative estimate of drug-likeness (QED) is 0.361. The molecule has 1 atom stereocenters. The number of hydrogen-bond acceptors (Lipinski definition) is 0. The molecule has 2 aliphatic rings. The Morgan fingerprint density at radius 2 is 1.71 bits per heavy atom. The number of unbranched alkanes of at least 4 members (excludes halogenated alkanes) is 5. The van der Waals surface area contributed by atoms with Crippen LogP contribution in [0.4, 0.5) is 0 Å². The fourth-order valence-electron chi connectivity index (χ4n) is 3.94. The van der Waals surface area contributed by atoms with Crippen molar-refractivity contribution in [2.75, 3.05) is 0 Å². The van der Waals surface area contributed by atoms with E-state index < -0.39 is 0 Å². The van der Waals surface area contributed by atoms with Crippen molar-refractivity contribution in [2.24, 2.45) is 5.41 Å². The van der Waals surface area contributed by atoms with Gasteiger partial charge in [0.05, 0.1) is 0 Å². The van der Waals surface area contributed by atoms with E-state index in [1.807, 2.05) is 0 Å². The Kier molecular flexibility index (Phi) is 5.48. The van der Waals surface area contributed by atoms with Crippen molar-refractivity contribution in [2.45, 2.75) is 72.6 Å². The van der Waals surface area contributed by atoms with Crippen LogP contribution in [-0.2, 0) is 0 Å². The molecule has 0 N–H and O–H groups in total. The zero-order chi connectivity index (χ0) is 15.3. The van der Waals surface area contributed by atoms with Crippen LogP contribution in [0, 0.1) is 5.41 Å². The Bertz CT molecular complexity index is 532. The van der Waals surface area contributed by atoms with E-state index in [1.54, 1.807) is 0 Å². The first-order valence-corrected chi connectivity index (χ1v) is 8.70. The molecule has 0 nitrogen and oxygen atoms in total. The first-order valence-electron chi connectivity index (χ1n) is 8.70. The van der Waals surface area contributed by atoms with Crippen molar-refractivity contribution in [1.82, 2.24) is 0 Å². The molecule has 0 radical (unpaired) electrons. The van der Waals surface area contributed by atoms with Gasteiger partial charge in [0.15, 0.2) is 0 Å². The molecule has 0 aromatic heterocycles. The van der Waals surface area contributed by atoms with Crippen molar-refractivity contribution in [3.8, 4) is 0 Å². The van der Waals surface area contributed by atoms with E-state index in [-0.39, 0.29) is 5.41 Å². The van der Waals surface area contributed by atoms with Crippen molar-refractivity contribution < 1.29 is 0 Å². The van der Waals surface area contributed by atoms with Crippen LogP contribution in [-0.4, -0.2) is 0 Å². The SMILES string of the molecule is CC=C1C(=CC)C(C)(CCCCCCCC)C2=C1C=C=C2. The van der Waals surface area contributed by atoms with E-state index in [1.165, 1.54) is 67.2 Å². The molecule has 0 saturated carbocycles. The molecule has 114 valence electrons. The highest BCUT2D eigenvalue weighted by atomic mass is 14.4. The third-order valence-electron chi connectivity index (χ3n) is 5.12. The van der Waals surface area contributed by atoms with Gasteiger partial charge in [0.2, 0.25) is 0 Å². The summed E-state index contributed by atoms with van der Waals surface area (Å²) in [6.45, 7) is 9.06.